The minimum absolute atomic E-state index is 0.0837. The number of carbonyl (C=O) groups is 2. The molecular weight excluding hydrogens is 440 g/mol. The number of H-pyrrole nitrogens is 1. The van der Waals surface area contributed by atoms with Gasteiger partial charge in [0.15, 0.2) is 0 Å². The maximum Gasteiger partial charge on any atom is 0.251 e. The number of nitrogens with zero attached hydrogens (tertiary/aromatic N) is 1. The van der Waals surface area contributed by atoms with Gasteiger partial charge in [0.05, 0.1) is 17.6 Å². The van der Waals surface area contributed by atoms with Gasteiger partial charge in [0, 0.05) is 31.1 Å². The summed E-state index contributed by atoms with van der Waals surface area (Å²) in [7, 11) is 0. The van der Waals surface area contributed by atoms with Crippen LogP contribution in [0.1, 0.15) is 47.6 Å². The third-order valence-electron chi connectivity index (χ3n) is 5.57. The fourth-order valence-electron chi connectivity index (χ4n) is 3.75. The van der Waals surface area contributed by atoms with Crippen molar-refractivity contribution in [2.45, 2.75) is 39.7 Å². The molecule has 180 valence electrons. The highest BCUT2D eigenvalue weighted by Gasteiger charge is 2.10. The molecule has 0 spiro atoms. The van der Waals surface area contributed by atoms with Crippen molar-refractivity contribution in [3.05, 3.63) is 89.2 Å². The Kier molecular flexibility index (Phi) is 7.77. The molecule has 1 aromatic heterocycles. The summed E-state index contributed by atoms with van der Waals surface area (Å²) in [4.78, 5) is 31.8. The Balaban J connectivity index is 1.33. The largest absolute Gasteiger partial charge is 0.494 e. The van der Waals surface area contributed by atoms with E-state index in [2.05, 4.69) is 27.5 Å². The molecule has 3 N–H and O–H groups in total. The van der Waals surface area contributed by atoms with Gasteiger partial charge in [-0.1, -0.05) is 31.2 Å². The number of amides is 2. The van der Waals surface area contributed by atoms with E-state index < -0.39 is 0 Å². The van der Waals surface area contributed by atoms with Gasteiger partial charge in [-0.25, -0.2) is 4.98 Å². The van der Waals surface area contributed by atoms with Gasteiger partial charge in [-0.15, -0.1) is 0 Å². The highest BCUT2D eigenvalue weighted by molar-refractivity contribution is 5.97. The Bertz CT molecular complexity index is 1290. The van der Waals surface area contributed by atoms with Crippen molar-refractivity contribution in [3.8, 4) is 5.75 Å². The Morgan fingerprint density at radius 1 is 0.943 bits per heavy atom. The summed E-state index contributed by atoms with van der Waals surface area (Å²) < 4.78 is 5.60. The number of carbonyl (C=O) groups excluding carboxylic acids is 2. The van der Waals surface area contributed by atoms with Crippen LogP contribution in [-0.2, 0) is 24.2 Å². The molecule has 0 atom stereocenters. The van der Waals surface area contributed by atoms with Gasteiger partial charge in [0.2, 0.25) is 5.91 Å². The zero-order valence-electron chi connectivity index (χ0n) is 20.1. The fraction of sp³-hybridized carbons (Fsp3) is 0.250. The highest BCUT2D eigenvalue weighted by Crippen LogP contribution is 2.17. The van der Waals surface area contributed by atoms with E-state index in [9.17, 15) is 9.59 Å². The first-order valence-electron chi connectivity index (χ1n) is 11.9. The van der Waals surface area contributed by atoms with Crippen LogP contribution in [0.15, 0.2) is 66.7 Å². The van der Waals surface area contributed by atoms with Crippen LogP contribution >= 0.6 is 0 Å². The van der Waals surface area contributed by atoms with Crippen molar-refractivity contribution < 1.29 is 14.3 Å². The molecule has 4 aromatic rings. The van der Waals surface area contributed by atoms with Gasteiger partial charge >= 0.3 is 0 Å². The topological polar surface area (TPSA) is 96.1 Å². The molecule has 0 aliphatic heterocycles. The molecule has 0 aliphatic carbocycles. The number of hydrogen-bond acceptors (Lipinski definition) is 4. The molecule has 0 saturated heterocycles. The molecule has 0 unspecified atom stereocenters. The number of aryl methyl sites for hydroxylation is 2. The second kappa shape index (κ2) is 11.3. The van der Waals surface area contributed by atoms with E-state index in [-0.39, 0.29) is 11.8 Å². The average Bonchev–Trinajstić information content (AvgIpc) is 3.28. The number of fused-ring (bicyclic) bond motifs is 1. The van der Waals surface area contributed by atoms with Crippen molar-refractivity contribution in [2.75, 3.05) is 11.9 Å². The van der Waals surface area contributed by atoms with Crippen LogP contribution in [0.5, 0.6) is 5.75 Å². The normalized spacial score (nSPS) is 10.8. The molecule has 0 fully saturated rings. The molecule has 0 saturated carbocycles. The minimum Gasteiger partial charge on any atom is -0.494 e. The highest BCUT2D eigenvalue weighted by atomic mass is 16.5. The zero-order chi connectivity index (χ0) is 24.6. The van der Waals surface area contributed by atoms with E-state index in [0.29, 0.717) is 18.7 Å². The molecule has 35 heavy (non-hydrogen) atoms. The molecule has 0 radical (unpaired) electrons. The Labute approximate surface area is 204 Å². The number of benzene rings is 3. The maximum atomic E-state index is 12.7. The summed E-state index contributed by atoms with van der Waals surface area (Å²) in [6.45, 7) is 4.70. The molecule has 4 rings (SSSR count). The number of aromatic nitrogens is 2. The van der Waals surface area contributed by atoms with Crippen molar-refractivity contribution >= 4 is 28.5 Å². The van der Waals surface area contributed by atoms with Crippen LogP contribution in [0.25, 0.3) is 11.0 Å². The number of ether oxygens (including phenoxy) is 1. The standard InChI is InChI=1S/C28H30N4O3/c1-3-16-35-24-12-6-21(7-13-24)18-29-28(34)22-9-14-25-26(17-22)32-27(31-25)15-8-20-4-10-23(11-5-20)30-19(2)33/h4-7,9-14,17H,3,8,15-16,18H2,1-2H3,(H,29,34)(H,30,33)(H,31,32). The van der Waals surface area contributed by atoms with Gasteiger partial charge < -0.3 is 20.4 Å². The smallest absolute Gasteiger partial charge is 0.251 e. The van der Waals surface area contributed by atoms with E-state index in [1.54, 1.807) is 6.07 Å². The lowest BCUT2D eigenvalue weighted by molar-refractivity contribution is -0.114. The van der Waals surface area contributed by atoms with Gasteiger partial charge in [0.25, 0.3) is 5.91 Å². The lowest BCUT2D eigenvalue weighted by Crippen LogP contribution is -2.22. The first kappa shape index (κ1) is 24.0. The van der Waals surface area contributed by atoms with Gasteiger partial charge in [-0.2, -0.15) is 0 Å². The lowest BCUT2D eigenvalue weighted by atomic mass is 10.1. The Hall–Kier alpha value is -4.13. The first-order valence-corrected chi connectivity index (χ1v) is 11.9. The zero-order valence-corrected chi connectivity index (χ0v) is 20.1. The van der Waals surface area contributed by atoms with Gasteiger partial charge in [0.1, 0.15) is 11.6 Å². The number of nitrogens with one attached hydrogen (secondary N) is 3. The SMILES string of the molecule is CCCOc1ccc(CNC(=O)c2ccc3nc(CCc4ccc(NC(C)=O)cc4)[nH]c3c2)cc1. The summed E-state index contributed by atoms with van der Waals surface area (Å²) in [6, 6.07) is 21.1. The van der Waals surface area contributed by atoms with Crippen LogP contribution < -0.4 is 15.4 Å². The third kappa shape index (κ3) is 6.69. The van der Waals surface area contributed by atoms with Crippen LogP contribution in [0.3, 0.4) is 0 Å². The summed E-state index contributed by atoms with van der Waals surface area (Å²) in [5.41, 5.74) is 5.21. The van der Waals surface area contributed by atoms with Gasteiger partial charge in [-0.3, -0.25) is 9.59 Å². The van der Waals surface area contributed by atoms with Crippen LogP contribution in [-0.4, -0.2) is 28.4 Å². The number of aromatic amines is 1. The average molecular weight is 471 g/mol. The van der Waals surface area contributed by atoms with Crippen LogP contribution in [0.2, 0.25) is 0 Å². The Morgan fingerprint density at radius 2 is 1.69 bits per heavy atom. The van der Waals surface area contributed by atoms with Crippen molar-refractivity contribution in [1.29, 1.82) is 0 Å². The summed E-state index contributed by atoms with van der Waals surface area (Å²) in [5, 5.41) is 5.74. The third-order valence-corrected chi connectivity index (χ3v) is 5.57. The van der Waals surface area contributed by atoms with E-state index >= 15 is 0 Å². The molecule has 7 nitrogen and oxygen atoms in total. The molecular formula is C28H30N4O3. The molecule has 0 bridgehead atoms. The molecule has 3 aromatic carbocycles. The number of anilines is 1. The summed E-state index contributed by atoms with van der Waals surface area (Å²) in [6.07, 6.45) is 2.53. The maximum absolute atomic E-state index is 12.7. The summed E-state index contributed by atoms with van der Waals surface area (Å²) >= 11 is 0. The Morgan fingerprint density at radius 3 is 2.40 bits per heavy atom. The number of rotatable bonds is 10. The lowest BCUT2D eigenvalue weighted by Gasteiger charge is -2.08. The molecule has 2 amide bonds. The quantitative estimate of drug-likeness (QED) is 0.303. The number of imidazole rings is 1. The second-order valence-electron chi connectivity index (χ2n) is 8.47. The van der Waals surface area contributed by atoms with E-state index in [1.807, 2.05) is 60.7 Å². The second-order valence-corrected chi connectivity index (χ2v) is 8.47. The molecule has 1 heterocycles. The van der Waals surface area contributed by atoms with Crippen molar-refractivity contribution in [2.24, 2.45) is 0 Å². The van der Waals surface area contributed by atoms with E-state index in [0.717, 1.165) is 58.7 Å². The molecule has 0 aliphatic rings. The summed E-state index contributed by atoms with van der Waals surface area (Å²) in [5.74, 6) is 1.49. The first-order chi connectivity index (χ1) is 17.0. The predicted octanol–water partition coefficient (Wildman–Crippen LogP) is 5.03. The van der Waals surface area contributed by atoms with Gasteiger partial charge in [-0.05, 0) is 66.4 Å². The predicted molar refractivity (Wildman–Crippen MR) is 138 cm³/mol. The fourth-order valence-corrected chi connectivity index (χ4v) is 3.75. The monoisotopic (exact) mass is 470 g/mol. The minimum atomic E-state index is -0.131. The number of hydrogen-bond donors (Lipinski definition) is 3. The molecule has 7 heteroatoms. The van der Waals surface area contributed by atoms with E-state index in [4.69, 9.17) is 4.74 Å². The van der Waals surface area contributed by atoms with Crippen LogP contribution in [0.4, 0.5) is 5.69 Å². The van der Waals surface area contributed by atoms with Crippen molar-refractivity contribution in [3.63, 3.8) is 0 Å². The van der Waals surface area contributed by atoms with Crippen molar-refractivity contribution in [1.82, 2.24) is 15.3 Å². The van der Waals surface area contributed by atoms with Crippen LogP contribution in [0, 0.1) is 0 Å². The van der Waals surface area contributed by atoms with E-state index in [1.165, 1.54) is 6.92 Å².